The number of benzene rings is 4. The van der Waals surface area contributed by atoms with Gasteiger partial charge < -0.3 is 9.32 Å². The second-order valence-corrected chi connectivity index (χ2v) is 14.7. The van der Waals surface area contributed by atoms with Gasteiger partial charge in [0, 0.05) is 25.2 Å². The van der Waals surface area contributed by atoms with E-state index >= 15 is 0 Å². The average Bonchev–Trinajstić information content (AvgIpc) is 3.00. The monoisotopic (exact) mass is 630 g/mol. The highest BCUT2D eigenvalue weighted by Gasteiger charge is 2.37. The molecule has 0 aliphatic rings. The summed E-state index contributed by atoms with van der Waals surface area (Å²) in [4.78, 5) is 14.5. The molecule has 5 rings (SSSR count). The van der Waals surface area contributed by atoms with Crippen LogP contribution in [0.1, 0.15) is 30.9 Å². The van der Waals surface area contributed by atoms with Crippen LogP contribution in [0.2, 0.25) is 0 Å². The molecule has 4 aromatic carbocycles. The van der Waals surface area contributed by atoms with Crippen LogP contribution in [0.25, 0.3) is 22.1 Å². The second-order valence-electron chi connectivity index (χ2n) is 10.9. The zero-order chi connectivity index (χ0) is 31.6. The van der Waals surface area contributed by atoms with E-state index in [0.717, 1.165) is 36.1 Å². The van der Waals surface area contributed by atoms with Crippen molar-refractivity contribution in [3.8, 4) is 11.1 Å². The van der Waals surface area contributed by atoms with Crippen LogP contribution in [0.4, 0.5) is 11.4 Å². The van der Waals surface area contributed by atoms with Gasteiger partial charge in [0.15, 0.2) is 0 Å². The van der Waals surface area contributed by atoms with Gasteiger partial charge in [0.1, 0.15) is 5.58 Å². The minimum Gasteiger partial charge on any atom is -0.422 e. The summed E-state index contributed by atoms with van der Waals surface area (Å²) in [6.45, 7) is 3.89. The molecule has 0 radical (unpaired) electrons. The molecule has 0 atom stereocenters. The maximum atomic E-state index is 14.2. The number of nitrogens with zero attached hydrogens (tertiary/aromatic N) is 2. The van der Waals surface area contributed by atoms with Gasteiger partial charge in [0.05, 0.1) is 21.0 Å². The van der Waals surface area contributed by atoms with Crippen molar-refractivity contribution in [3.05, 3.63) is 119 Å². The van der Waals surface area contributed by atoms with E-state index in [-0.39, 0.29) is 26.6 Å². The summed E-state index contributed by atoms with van der Waals surface area (Å²) < 4.78 is 62.6. The molecule has 0 saturated heterocycles. The van der Waals surface area contributed by atoms with E-state index in [1.54, 1.807) is 42.5 Å². The van der Waals surface area contributed by atoms with Crippen LogP contribution < -0.4 is 14.2 Å². The largest absolute Gasteiger partial charge is 0.422 e. The smallest absolute Gasteiger partial charge is 0.344 e. The zero-order valence-electron chi connectivity index (χ0n) is 25.0. The summed E-state index contributed by atoms with van der Waals surface area (Å²) in [6, 6.07) is 25.3. The van der Waals surface area contributed by atoms with Crippen molar-refractivity contribution in [1.29, 1.82) is 0 Å². The fourth-order valence-electron chi connectivity index (χ4n) is 4.88. The first-order chi connectivity index (χ1) is 20.9. The van der Waals surface area contributed by atoms with E-state index in [2.05, 4.69) is 6.92 Å². The molecule has 1 aromatic heterocycles. The maximum absolute atomic E-state index is 14.2. The number of rotatable bonds is 10. The van der Waals surface area contributed by atoms with Crippen molar-refractivity contribution in [2.24, 2.45) is 0 Å². The van der Waals surface area contributed by atoms with Crippen LogP contribution in [-0.4, -0.2) is 30.9 Å². The Balaban J connectivity index is 1.67. The summed E-state index contributed by atoms with van der Waals surface area (Å²) in [6.07, 6.45) is 2.74. The van der Waals surface area contributed by atoms with Gasteiger partial charge in [0.25, 0.3) is 20.0 Å². The lowest BCUT2D eigenvalue weighted by Crippen LogP contribution is -2.37. The van der Waals surface area contributed by atoms with Gasteiger partial charge in [-0.25, -0.2) is 21.6 Å². The van der Waals surface area contributed by atoms with Crippen molar-refractivity contribution in [2.75, 3.05) is 22.7 Å². The lowest BCUT2D eigenvalue weighted by atomic mass is 10.1. The number of aryl methyl sites for hydroxylation is 2. The van der Waals surface area contributed by atoms with Crippen LogP contribution in [0.3, 0.4) is 0 Å². The topological polar surface area (TPSA) is 105 Å². The normalized spacial score (nSPS) is 11.9. The summed E-state index contributed by atoms with van der Waals surface area (Å²) in [5, 5.41) is 0.364. The van der Waals surface area contributed by atoms with Crippen LogP contribution in [0.5, 0.6) is 0 Å². The highest BCUT2D eigenvalue weighted by Crippen LogP contribution is 2.34. The Hall–Kier alpha value is -4.41. The predicted molar refractivity (Wildman–Crippen MR) is 175 cm³/mol. The molecule has 0 aliphatic carbocycles. The van der Waals surface area contributed by atoms with Gasteiger partial charge in [-0.2, -0.15) is 3.71 Å². The Kier molecular flexibility index (Phi) is 8.67. The quantitative estimate of drug-likeness (QED) is 0.157. The Labute approximate surface area is 258 Å². The van der Waals surface area contributed by atoms with Crippen molar-refractivity contribution >= 4 is 42.4 Å². The first-order valence-electron chi connectivity index (χ1n) is 14.2. The zero-order valence-corrected chi connectivity index (χ0v) is 26.7. The lowest BCUT2D eigenvalue weighted by molar-refractivity contribution is 0.563. The van der Waals surface area contributed by atoms with E-state index in [1.165, 1.54) is 42.5 Å². The summed E-state index contributed by atoms with van der Waals surface area (Å²) in [5.41, 5.74) is 3.12. The maximum Gasteiger partial charge on any atom is 0.344 e. The molecule has 0 N–H and O–H groups in total. The molecule has 0 unspecified atom stereocenters. The van der Waals surface area contributed by atoms with Crippen LogP contribution in [0, 0.1) is 6.92 Å². The second kappa shape index (κ2) is 12.3. The van der Waals surface area contributed by atoms with Crippen LogP contribution >= 0.6 is 0 Å². The number of fused-ring (bicyclic) bond motifs is 1. The van der Waals surface area contributed by atoms with Crippen molar-refractivity contribution in [2.45, 2.75) is 42.9 Å². The first kappa shape index (κ1) is 31.0. The third-order valence-electron chi connectivity index (χ3n) is 7.42. The van der Waals surface area contributed by atoms with E-state index in [1.807, 2.05) is 38.1 Å². The van der Waals surface area contributed by atoms with Gasteiger partial charge >= 0.3 is 5.63 Å². The predicted octanol–water partition coefficient (Wildman–Crippen LogP) is 6.76. The summed E-state index contributed by atoms with van der Waals surface area (Å²) in [5.74, 6) is 0. The van der Waals surface area contributed by atoms with Gasteiger partial charge in [-0.15, -0.1) is 0 Å². The fraction of sp³-hybridized carbons (Fsp3) is 0.206. The van der Waals surface area contributed by atoms with Crippen LogP contribution in [0.15, 0.2) is 116 Å². The number of hydrogen-bond donors (Lipinski definition) is 0. The Morgan fingerprint density at radius 2 is 1.27 bits per heavy atom. The molecule has 0 spiro atoms. The van der Waals surface area contributed by atoms with Crippen molar-refractivity contribution in [3.63, 3.8) is 0 Å². The minimum absolute atomic E-state index is 0.115. The van der Waals surface area contributed by atoms with Gasteiger partial charge in [-0.05, 0) is 91.6 Å². The molecule has 44 heavy (non-hydrogen) atoms. The molecular weight excluding hydrogens is 597 g/mol. The molecule has 0 bridgehead atoms. The number of unbranched alkanes of at least 4 members (excludes halogenated alkanes) is 1. The number of anilines is 2. The summed E-state index contributed by atoms with van der Waals surface area (Å²) >= 11 is 0. The SMILES string of the molecule is CCCCc1ccc(S(=O)(=O)N(c2ccc3oc(=O)c(-c4ccc(N(C)C)cc4)cc3c2)S(=O)(=O)c2ccc(C)cc2)cc1. The molecule has 0 aliphatic heterocycles. The molecule has 0 amide bonds. The Morgan fingerprint density at radius 3 is 1.84 bits per heavy atom. The average molecular weight is 631 g/mol. The van der Waals surface area contributed by atoms with E-state index in [0.29, 0.717) is 14.7 Å². The third-order valence-corrected chi connectivity index (χ3v) is 11.6. The number of hydrogen-bond acceptors (Lipinski definition) is 7. The molecule has 228 valence electrons. The molecule has 5 aromatic rings. The molecule has 0 fully saturated rings. The Morgan fingerprint density at radius 1 is 0.705 bits per heavy atom. The summed E-state index contributed by atoms with van der Waals surface area (Å²) in [7, 11) is -5.40. The van der Waals surface area contributed by atoms with Crippen molar-refractivity contribution < 1.29 is 21.3 Å². The fourth-order valence-corrected chi connectivity index (χ4v) is 8.56. The van der Waals surface area contributed by atoms with E-state index in [4.69, 9.17) is 4.42 Å². The van der Waals surface area contributed by atoms with Gasteiger partial charge in [-0.3, -0.25) is 0 Å². The Bertz CT molecular complexity index is 2070. The van der Waals surface area contributed by atoms with Gasteiger partial charge in [-0.1, -0.05) is 55.3 Å². The van der Waals surface area contributed by atoms with Crippen LogP contribution in [-0.2, 0) is 26.5 Å². The molecule has 0 saturated carbocycles. The van der Waals surface area contributed by atoms with E-state index in [9.17, 15) is 21.6 Å². The molecule has 10 heteroatoms. The van der Waals surface area contributed by atoms with Gasteiger partial charge in [0.2, 0.25) is 0 Å². The molecule has 8 nitrogen and oxygen atoms in total. The third kappa shape index (κ3) is 6.13. The van der Waals surface area contributed by atoms with E-state index < -0.39 is 25.7 Å². The molecular formula is C34H34N2O6S2. The lowest BCUT2D eigenvalue weighted by Gasteiger charge is -2.24. The minimum atomic E-state index is -4.61. The highest BCUT2D eigenvalue weighted by molar-refractivity contribution is 8.10. The van der Waals surface area contributed by atoms with Crippen molar-refractivity contribution in [1.82, 2.24) is 0 Å². The highest BCUT2D eigenvalue weighted by atomic mass is 32.3. The standard InChI is InChI=1S/C34H34N2O6S2/c1-5-6-7-25-10-19-31(20-11-25)44(40,41)36(43(38,39)30-17-8-24(2)9-18-30)29-16-21-33-27(22-29)23-32(34(37)42-33)26-12-14-28(15-13-26)35(3)4/h8-23H,5-7H2,1-4H3. The first-order valence-corrected chi connectivity index (χ1v) is 17.1. The number of sulfonamides is 2. The molecule has 1 heterocycles.